The summed E-state index contributed by atoms with van der Waals surface area (Å²) in [5.41, 5.74) is 7.55. The van der Waals surface area contributed by atoms with Crippen LogP contribution in [0.4, 0.5) is 5.69 Å². The van der Waals surface area contributed by atoms with Gasteiger partial charge in [0.1, 0.15) is 11.3 Å². The average Bonchev–Trinajstić information content (AvgIpc) is 3.09. The van der Waals surface area contributed by atoms with E-state index in [1.165, 1.54) is 4.90 Å². The number of carboxylic acids is 1. The third-order valence-corrected chi connectivity index (χ3v) is 6.26. The van der Waals surface area contributed by atoms with Gasteiger partial charge in [-0.2, -0.15) is 0 Å². The van der Waals surface area contributed by atoms with Crippen LogP contribution in [-0.4, -0.2) is 35.1 Å². The minimum absolute atomic E-state index is 0. The lowest BCUT2D eigenvalue weighted by atomic mass is 9.73. The number of aliphatic carboxylic acids is 1. The van der Waals surface area contributed by atoms with Gasteiger partial charge < -0.3 is 15.7 Å². The van der Waals surface area contributed by atoms with Gasteiger partial charge in [0, 0.05) is 17.7 Å². The Hall–Kier alpha value is -3.97. The Balaban J connectivity index is 0.00000342. The van der Waals surface area contributed by atoms with Crippen molar-refractivity contribution in [2.45, 2.75) is 24.7 Å². The number of aryl methyl sites for hydroxylation is 1. The number of carbonyl (C=O) groups is 3. The molecular formula is C27H26ClN3O4. The lowest BCUT2D eigenvalue weighted by Gasteiger charge is -2.27. The number of ketones is 1. The highest BCUT2D eigenvalue weighted by atomic mass is 35.5. The number of anilines is 1. The minimum Gasteiger partial charge on any atom is -0.481 e. The van der Waals surface area contributed by atoms with Crippen LogP contribution in [-0.2, 0) is 32.6 Å². The van der Waals surface area contributed by atoms with Gasteiger partial charge in [0.25, 0.3) is 0 Å². The monoisotopic (exact) mass is 491 g/mol. The molecule has 0 saturated carbocycles. The van der Waals surface area contributed by atoms with E-state index in [1.807, 2.05) is 30.3 Å². The fourth-order valence-electron chi connectivity index (χ4n) is 4.40. The number of nitrogen functional groups attached to an aromatic ring is 1. The number of nitrogens with zero attached hydrogens (tertiary/aromatic N) is 1. The number of Topliss-reactive ketones (excluding diaryl/α,β-unsaturated/α-hetero) is 1. The van der Waals surface area contributed by atoms with Gasteiger partial charge >= 0.3 is 5.97 Å². The van der Waals surface area contributed by atoms with Crippen LogP contribution in [0.3, 0.4) is 0 Å². The zero-order valence-electron chi connectivity index (χ0n) is 18.9. The number of amidine groups is 1. The second-order valence-electron chi connectivity index (χ2n) is 8.43. The third kappa shape index (κ3) is 5.10. The summed E-state index contributed by atoms with van der Waals surface area (Å²) < 4.78 is 0. The van der Waals surface area contributed by atoms with Gasteiger partial charge in [0.2, 0.25) is 5.91 Å². The van der Waals surface area contributed by atoms with Crippen molar-refractivity contribution in [3.63, 3.8) is 0 Å². The molecule has 0 spiro atoms. The van der Waals surface area contributed by atoms with Crippen molar-refractivity contribution in [3.8, 4) is 0 Å². The Morgan fingerprint density at radius 2 is 1.57 bits per heavy atom. The van der Waals surface area contributed by atoms with Gasteiger partial charge in [0.05, 0.1) is 6.54 Å². The van der Waals surface area contributed by atoms with E-state index in [0.717, 1.165) is 11.1 Å². The predicted octanol–water partition coefficient (Wildman–Crippen LogP) is 3.51. The normalized spacial score (nSPS) is 17.2. The van der Waals surface area contributed by atoms with Crippen molar-refractivity contribution in [3.05, 3.63) is 101 Å². The van der Waals surface area contributed by atoms with Crippen LogP contribution in [0.2, 0.25) is 0 Å². The fourth-order valence-corrected chi connectivity index (χ4v) is 4.40. The summed E-state index contributed by atoms with van der Waals surface area (Å²) in [6.45, 7) is -0.0636. The summed E-state index contributed by atoms with van der Waals surface area (Å²) in [6, 6.07) is 23.2. The number of amides is 1. The molecule has 35 heavy (non-hydrogen) atoms. The molecule has 180 valence electrons. The summed E-state index contributed by atoms with van der Waals surface area (Å²) >= 11 is 0. The predicted molar refractivity (Wildman–Crippen MR) is 136 cm³/mol. The largest absolute Gasteiger partial charge is 0.481 e. The van der Waals surface area contributed by atoms with Gasteiger partial charge in [0.15, 0.2) is 5.78 Å². The molecule has 1 unspecified atom stereocenters. The lowest BCUT2D eigenvalue weighted by molar-refractivity contribution is -0.137. The summed E-state index contributed by atoms with van der Waals surface area (Å²) in [7, 11) is 0. The molecule has 8 heteroatoms. The molecule has 0 aliphatic carbocycles. The molecular weight excluding hydrogens is 466 g/mol. The van der Waals surface area contributed by atoms with E-state index in [2.05, 4.69) is 0 Å². The quantitative estimate of drug-likeness (QED) is 0.252. The number of halogens is 1. The Labute approximate surface area is 209 Å². The van der Waals surface area contributed by atoms with Crippen LogP contribution in [0, 0.1) is 5.41 Å². The molecule has 0 radical (unpaired) electrons. The first-order valence-electron chi connectivity index (χ1n) is 11.0. The Morgan fingerprint density at radius 1 is 0.943 bits per heavy atom. The SMILES string of the molecule is Cl.N=C(N)c1ccc(N2CC(=O)C(Cc3ccccc3)(c3ccc(CCC(=O)O)cc3)C2=O)cc1. The van der Waals surface area contributed by atoms with Crippen LogP contribution >= 0.6 is 12.4 Å². The van der Waals surface area contributed by atoms with E-state index in [4.69, 9.17) is 16.2 Å². The number of nitrogens with two attached hydrogens (primary N) is 1. The molecule has 1 fully saturated rings. The van der Waals surface area contributed by atoms with Crippen molar-refractivity contribution in [1.82, 2.24) is 0 Å². The smallest absolute Gasteiger partial charge is 0.303 e. The maximum Gasteiger partial charge on any atom is 0.303 e. The van der Waals surface area contributed by atoms with Crippen LogP contribution in [0.5, 0.6) is 0 Å². The number of hydrogen-bond acceptors (Lipinski definition) is 4. The van der Waals surface area contributed by atoms with Crippen LogP contribution < -0.4 is 10.6 Å². The molecule has 0 aromatic heterocycles. The molecule has 3 aromatic rings. The molecule has 7 nitrogen and oxygen atoms in total. The zero-order valence-corrected chi connectivity index (χ0v) is 19.8. The summed E-state index contributed by atoms with van der Waals surface area (Å²) in [5.74, 6) is -1.46. The molecule has 3 aromatic carbocycles. The molecule has 1 heterocycles. The van der Waals surface area contributed by atoms with E-state index in [0.29, 0.717) is 23.2 Å². The van der Waals surface area contributed by atoms with Crippen molar-refractivity contribution >= 4 is 41.6 Å². The maximum absolute atomic E-state index is 13.9. The fraction of sp³-hybridized carbons (Fsp3) is 0.185. The highest BCUT2D eigenvalue weighted by Crippen LogP contribution is 2.39. The first kappa shape index (κ1) is 25.6. The van der Waals surface area contributed by atoms with Crippen molar-refractivity contribution < 1.29 is 19.5 Å². The summed E-state index contributed by atoms with van der Waals surface area (Å²) in [4.78, 5) is 39.9. The van der Waals surface area contributed by atoms with E-state index in [1.54, 1.807) is 48.5 Å². The molecule has 1 amide bonds. The molecule has 1 aliphatic heterocycles. The maximum atomic E-state index is 13.9. The van der Waals surface area contributed by atoms with Gasteiger partial charge in [-0.3, -0.25) is 19.8 Å². The Morgan fingerprint density at radius 3 is 2.14 bits per heavy atom. The number of carboxylic acid groups (broad SMARTS) is 1. The van der Waals surface area contributed by atoms with Gasteiger partial charge in [-0.25, -0.2) is 0 Å². The van der Waals surface area contributed by atoms with Gasteiger partial charge in [-0.15, -0.1) is 12.4 Å². The van der Waals surface area contributed by atoms with E-state index in [9.17, 15) is 14.4 Å². The van der Waals surface area contributed by atoms with Gasteiger partial charge in [-0.1, -0.05) is 54.6 Å². The molecule has 1 saturated heterocycles. The molecule has 1 atom stereocenters. The minimum atomic E-state index is -1.38. The molecule has 0 bridgehead atoms. The van der Waals surface area contributed by atoms with Crippen molar-refractivity contribution in [2.75, 3.05) is 11.4 Å². The first-order valence-corrected chi connectivity index (χ1v) is 11.0. The van der Waals surface area contributed by atoms with Crippen LogP contribution in [0.1, 0.15) is 28.7 Å². The Kier molecular flexibility index (Phi) is 7.71. The highest BCUT2D eigenvalue weighted by Gasteiger charge is 2.55. The van der Waals surface area contributed by atoms with Crippen molar-refractivity contribution in [1.29, 1.82) is 5.41 Å². The second-order valence-corrected chi connectivity index (χ2v) is 8.43. The number of benzene rings is 3. The van der Waals surface area contributed by atoms with Crippen molar-refractivity contribution in [2.24, 2.45) is 5.73 Å². The average molecular weight is 492 g/mol. The Bertz CT molecular complexity index is 1240. The third-order valence-electron chi connectivity index (χ3n) is 6.26. The summed E-state index contributed by atoms with van der Waals surface area (Å²) in [6.07, 6.45) is 0.607. The lowest BCUT2D eigenvalue weighted by Crippen LogP contribution is -2.43. The van der Waals surface area contributed by atoms with Crippen LogP contribution in [0.25, 0.3) is 0 Å². The van der Waals surface area contributed by atoms with E-state index in [-0.39, 0.29) is 49.3 Å². The standard InChI is InChI=1S/C27H25N3O4.ClH/c28-25(29)20-9-13-22(14-10-20)30-17-23(31)27(26(30)34,16-19-4-2-1-3-5-19)21-11-6-18(7-12-21)8-15-24(32)33;/h1-7,9-14H,8,15-17H2,(H3,28,29)(H,32,33);1H. The first-order chi connectivity index (χ1) is 16.3. The molecule has 4 N–H and O–H groups in total. The molecule has 4 rings (SSSR count). The number of nitrogens with one attached hydrogen (secondary N) is 1. The van der Waals surface area contributed by atoms with Crippen LogP contribution in [0.15, 0.2) is 78.9 Å². The second kappa shape index (κ2) is 10.5. The van der Waals surface area contributed by atoms with E-state index < -0.39 is 11.4 Å². The molecule has 1 aliphatic rings. The summed E-state index contributed by atoms with van der Waals surface area (Å²) in [5, 5.41) is 16.5. The topological polar surface area (TPSA) is 125 Å². The van der Waals surface area contributed by atoms with E-state index >= 15 is 0 Å². The number of hydrogen-bond donors (Lipinski definition) is 3. The number of rotatable bonds is 8. The highest BCUT2D eigenvalue weighted by molar-refractivity contribution is 6.25. The zero-order chi connectivity index (χ0) is 24.3. The number of carbonyl (C=O) groups excluding carboxylic acids is 2. The van der Waals surface area contributed by atoms with Gasteiger partial charge in [-0.05, 0) is 53.8 Å².